The van der Waals surface area contributed by atoms with E-state index in [-0.39, 0.29) is 11.9 Å². The highest BCUT2D eigenvalue weighted by molar-refractivity contribution is 6.00. The van der Waals surface area contributed by atoms with Gasteiger partial charge < -0.3 is 9.64 Å². The molecule has 0 saturated carbocycles. The number of piperidine rings is 3. The molecule has 2 bridgehead atoms. The second-order valence-corrected chi connectivity index (χ2v) is 9.89. The third-order valence-corrected chi connectivity index (χ3v) is 8.17. The number of aromatic nitrogens is 2. The molecule has 0 radical (unpaired) electrons. The van der Waals surface area contributed by atoms with Gasteiger partial charge >= 0.3 is 0 Å². The molecule has 0 spiro atoms. The van der Waals surface area contributed by atoms with Crippen molar-refractivity contribution in [3.05, 3.63) is 47.7 Å². The third kappa shape index (κ3) is 3.27. The average Bonchev–Trinajstić information content (AvgIpc) is 3.33. The monoisotopic (exact) mass is 432 g/mol. The molecule has 6 heteroatoms. The lowest BCUT2D eigenvalue weighted by Crippen LogP contribution is -2.60. The van der Waals surface area contributed by atoms with E-state index in [4.69, 9.17) is 4.74 Å². The van der Waals surface area contributed by atoms with Crippen molar-refractivity contribution in [1.29, 1.82) is 0 Å². The molecule has 2 aromatic rings. The number of hydrogen-bond donors (Lipinski definition) is 1. The fraction of sp³-hybridized carbons (Fsp3) is 0.538. The largest absolute Gasteiger partial charge is 0.497 e. The molecule has 6 nitrogen and oxygen atoms in total. The zero-order valence-corrected chi connectivity index (χ0v) is 18.8. The van der Waals surface area contributed by atoms with Crippen LogP contribution in [0.25, 0.3) is 11.3 Å². The summed E-state index contributed by atoms with van der Waals surface area (Å²) < 4.78 is 5.28. The number of nitrogens with zero attached hydrogens (tertiary/aromatic N) is 3. The normalized spacial score (nSPS) is 29.7. The first-order chi connectivity index (χ1) is 15.7. The van der Waals surface area contributed by atoms with Crippen molar-refractivity contribution < 1.29 is 9.53 Å². The van der Waals surface area contributed by atoms with Crippen LogP contribution in [0.4, 0.5) is 0 Å². The van der Waals surface area contributed by atoms with E-state index in [0.29, 0.717) is 17.4 Å². The molecule has 3 aliphatic heterocycles. The van der Waals surface area contributed by atoms with E-state index in [0.717, 1.165) is 49.0 Å². The topological polar surface area (TPSA) is 61.5 Å². The number of amides is 1. The molecule has 4 aliphatic rings. The zero-order valence-electron chi connectivity index (χ0n) is 18.8. The number of aromatic amines is 1. The summed E-state index contributed by atoms with van der Waals surface area (Å²) in [6.07, 6.45) is 11.7. The summed E-state index contributed by atoms with van der Waals surface area (Å²) in [6.45, 7) is 3.20. The Hall–Kier alpha value is -2.60. The Morgan fingerprint density at radius 3 is 2.88 bits per heavy atom. The second kappa shape index (κ2) is 8.07. The van der Waals surface area contributed by atoms with Gasteiger partial charge in [-0.15, -0.1) is 0 Å². The minimum Gasteiger partial charge on any atom is -0.497 e. The number of fused-ring (bicyclic) bond motifs is 6. The first-order valence-electron chi connectivity index (χ1n) is 12.2. The molecule has 1 amide bonds. The van der Waals surface area contributed by atoms with E-state index in [9.17, 15) is 4.79 Å². The highest BCUT2D eigenvalue weighted by atomic mass is 16.5. The van der Waals surface area contributed by atoms with Gasteiger partial charge in [0, 0.05) is 24.7 Å². The summed E-state index contributed by atoms with van der Waals surface area (Å²) in [5.41, 5.74) is 3.94. The predicted molar refractivity (Wildman–Crippen MR) is 124 cm³/mol. The Morgan fingerprint density at radius 1 is 1.16 bits per heavy atom. The number of methoxy groups -OCH3 is 1. The van der Waals surface area contributed by atoms with Crippen LogP contribution in [0.5, 0.6) is 5.75 Å². The van der Waals surface area contributed by atoms with Gasteiger partial charge in [-0.05, 0) is 74.8 Å². The Bertz CT molecular complexity index is 1030. The predicted octanol–water partition coefficient (Wildman–Crippen LogP) is 4.12. The highest BCUT2D eigenvalue weighted by Gasteiger charge is 2.47. The molecule has 1 aliphatic carbocycles. The minimum atomic E-state index is 0.111. The molecule has 32 heavy (non-hydrogen) atoms. The first-order valence-corrected chi connectivity index (χ1v) is 12.2. The van der Waals surface area contributed by atoms with Gasteiger partial charge in [-0.25, -0.2) is 0 Å². The van der Waals surface area contributed by atoms with Crippen molar-refractivity contribution in [2.24, 2.45) is 11.8 Å². The van der Waals surface area contributed by atoms with E-state index in [1.54, 1.807) is 13.3 Å². The summed E-state index contributed by atoms with van der Waals surface area (Å²) in [5.74, 6) is 2.14. The number of H-pyrrole nitrogens is 1. The lowest BCUT2D eigenvalue weighted by molar-refractivity contribution is 0.00150. The molecular weight excluding hydrogens is 400 g/mol. The standard InChI is InChI=1S/C26H32N4O2/c1-32-21-9-7-17(8-10-21)24-22(15-27-28-24)26(31)30-12-4-5-18-13-19-14-20(25(18)30)16-29-11-3-2-6-23(19)29/h7-10,13,15,19-20,23,25H,2-6,11-12,14,16H2,1H3,(H,27,28)/t19-,20-,23+,25+/m1/s1. The highest BCUT2D eigenvalue weighted by Crippen LogP contribution is 2.45. The van der Waals surface area contributed by atoms with Crippen molar-refractivity contribution in [1.82, 2.24) is 20.0 Å². The molecule has 1 aromatic heterocycles. The fourth-order valence-electron chi connectivity index (χ4n) is 6.78. The van der Waals surface area contributed by atoms with Gasteiger partial charge in [-0.1, -0.05) is 18.1 Å². The van der Waals surface area contributed by atoms with Crippen LogP contribution in [-0.4, -0.2) is 64.7 Å². The molecule has 168 valence electrons. The number of carbonyl (C=O) groups is 1. The van der Waals surface area contributed by atoms with Gasteiger partial charge in [0.2, 0.25) is 0 Å². The molecule has 6 rings (SSSR count). The van der Waals surface area contributed by atoms with Crippen LogP contribution in [0.1, 0.15) is 48.9 Å². The Balaban J connectivity index is 1.31. The van der Waals surface area contributed by atoms with E-state index >= 15 is 0 Å². The Kier molecular flexibility index (Phi) is 5.05. The number of likely N-dealkylation sites (tertiary alicyclic amines) is 1. The van der Waals surface area contributed by atoms with Crippen LogP contribution < -0.4 is 4.74 Å². The van der Waals surface area contributed by atoms with Crippen molar-refractivity contribution in [2.75, 3.05) is 26.7 Å². The van der Waals surface area contributed by atoms with Crippen molar-refractivity contribution in [3.8, 4) is 17.0 Å². The fourth-order valence-corrected chi connectivity index (χ4v) is 6.78. The number of carbonyl (C=O) groups excluding carboxylic acids is 1. The molecule has 0 unspecified atom stereocenters. The van der Waals surface area contributed by atoms with E-state index < -0.39 is 0 Å². The summed E-state index contributed by atoms with van der Waals surface area (Å²) in [5, 5.41) is 7.32. The van der Waals surface area contributed by atoms with E-state index in [2.05, 4.69) is 26.1 Å². The van der Waals surface area contributed by atoms with Crippen molar-refractivity contribution in [3.63, 3.8) is 0 Å². The van der Waals surface area contributed by atoms with Gasteiger partial charge in [0.25, 0.3) is 5.91 Å². The maximum Gasteiger partial charge on any atom is 0.258 e. The SMILES string of the molecule is COc1ccc(-c2[nH]ncc2C(=O)N2CCCC3=C[C@@H]4C[C@H](CN5CCCC[C@@H]45)[C@H]32)cc1. The van der Waals surface area contributed by atoms with Crippen LogP contribution in [0.15, 0.2) is 42.1 Å². The molecule has 1 N–H and O–H groups in total. The Labute approximate surface area is 189 Å². The van der Waals surface area contributed by atoms with Gasteiger partial charge in [-0.3, -0.25) is 14.8 Å². The maximum absolute atomic E-state index is 13.9. The molecule has 3 saturated heterocycles. The number of benzene rings is 1. The zero-order chi connectivity index (χ0) is 21.7. The molecule has 1 aromatic carbocycles. The number of ether oxygens (including phenoxy) is 1. The van der Waals surface area contributed by atoms with Gasteiger partial charge in [0.1, 0.15) is 5.75 Å². The number of nitrogens with one attached hydrogen (secondary N) is 1. The maximum atomic E-state index is 13.9. The Morgan fingerprint density at radius 2 is 2.03 bits per heavy atom. The van der Waals surface area contributed by atoms with Crippen LogP contribution in [0.3, 0.4) is 0 Å². The summed E-state index contributed by atoms with van der Waals surface area (Å²) in [4.78, 5) is 18.8. The van der Waals surface area contributed by atoms with Crippen molar-refractivity contribution in [2.45, 2.75) is 50.6 Å². The van der Waals surface area contributed by atoms with Gasteiger partial charge in [-0.2, -0.15) is 5.10 Å². The molecule has 4 heterocycles. The summed E-state index contributed by atoms with van der Waals surface area (Å²) in [7, 11) is 1.66. The van der Waals surface area contributed by atoms with Gasteiger partial charge in [0.05, 0.1) is 30.6 Å². The summed E-state index contributed by atoms with van der Waals surface area (Å²) in [6, 6.07) is 8.78. The quantitative estimate of drug-likeness (QED) is 0.741. The van der Waals surface area contributed by atoms with Crippen LogP contribution in [0.2, 0.25) is 0 Å². The molecular formula is C26H32N4O2. The lowest BCUT2D eigenvalue weighted by Gasteiger charge is -2.54. The average molecular weight is 433 g/mol. The van der Waals surface area contributed by atoms with Crippen LogP contribution in [-0.2, 0) is 0 Å². The number of hydrogen-bond acceptors (Lipinski definition) is 4. The smallest absolute Gasteiger partial charge is 0.258 e. The first kappa shape index (κ1) is 20.0. The van der Waals surface area contributed by atoms with E-state index in [1.165, 1.54) is 37.8 Å². The lowest BCUT2D eigenvalue weighted by atomic mass is 9.68. The van der Waals surface area contributed by atoms with Crippen LogP contribution in [0, 0.1) is 11.8 Å². The second-order valence-electron chi connectivity index (χ2n) is 9.89. The number of rotatable bonds is 3. The molecule has 3 fully saturated rings. The van der Waals surface area contributed by atoms with Crippen LogP contribution >= 0.6 is 0 Å². The van der Waals surface area contributed by atoms with Gasteiger partial charge in [0.15, 0.2) is 0 Å². The van der Waals surface area contributed by atoms with Crippen molar-refractivity contribution >= 4 is 5.91 Å². The minimum absolute atomic E-state index is 0.111. The van der Waals surface area contributed by atoms with E-state index in [1.807, 2.05) is 24.3 Å². The summed E-state index contributed by atoms with van der Waals surface area (Å²) >= 11 is 0. The third-order valence-electron chi connectivity index (χ3n) is 8.17. The molecule has 4 atom stereocenters.